The molecular formula is C18H28N2O11S4. The number of amides is 2. The molecule has 0 aliphatic carbocycles. The third-order valence-corrected chi connectivity index (χ3v) is 9.62. The molecule has 3 N–H and O–H groups in total. The number of carbonyl (C=O) groups is 2. The minimum absolute atomic E-state index is 0.369. The molecule has 0 fully saturated rings. The topological polar surface area (TPSA) is 215 Å². The number of aliphatic hydroxyl groups is 1. The summed E-state index contributed by atoms with van der Waals surface area (Å²) in [5, 5.41) is 16.7. The summed E-state index contributed by atoms with van der Waals surface area (Å²) in [6.07, 6.45) is -0.430. The van der Waals surface area contributed by atoms with E-state index in [4.69, 9.17) is 0 Å². The fraction of sp³-hybridized carbons (Fsp3) is 0.444. The molecular weight excluding hydrogens is 548 g/mol. The first kappa shape index (κ1) is 32.7. The largest absolute Gasteiger partial charge is 0.376 e. The van der Waals surface area contributed by atoms with Gasteiger partial charge in [-0.25, -0.2) is 33.7 Å². The molecule has 0 aromatic carbocycles. The second kappa shape index (κ2) is 13.1. The number of carbonyl (C=O) groups excluding carboxylic acids is 2. The van der Waals surface area contributed by atoms with Gasteiger partial charge in [-0.15, -0.1) is 0 Å². The van der Waals surface area contributed by atoms with Crippen LogP contribution in [0.15, 0.2) is 47.9 Å². The Labute approximate surface area is 205 Å². The average Bonchev–Trinajstić information content (AvgIpc) is 2.75. The molecule has 0 rings (SSSR count). The van der Waals surface area contributed by atoms with Crippen molar-refractivity contribution < 1.29 is 48.4 Å². The van der Waals surface area contributed by atoms with E-state index in [0.29, 0.717) is 21.6 Å². The number of rotatable bonds is 17. The van der Waals surface area contributed by atoms with Crippen LogP contribution in [0.3, 0.4) is 0 Å². The first-order valence-corrected chi connectivity index (χ1v) is 16.3. The van der Waals surface area contributed by atoms with Gasteiger partial charge in [0.25, 0.3) is 0 Å². The van der Waals surface area contributed by atoms with Crippen LogP contribution in [0, 0.1) is 5.92 Å². The van der Waals surface area contributed by atoms with Gasteiger partial charge >= 0.3 is 0 Å². The molecule has 2 amide bonds. The maximum atomic E-state index is 12.3. The van der Waals surface area contributed by atoms with E-state index in [1.807, 2.05) is 0 Å². The van der Waals surface area contributed by atoms with Crippen LogP contribution < -0.4 is 10.6 Å². The molecule has 13 nitrogen and oxygen atoms in total. The Kier molecular flexibility index (Phi) is 12.2. The molecule has 0 aromatic heterocycles. The van der Waals surface area contributed by atoms with Gasteiger partial charge in [-0.2, -0.15) is 0 Å². The smallest absolute Gasteiger partial charge is 0.235 e. The summed E-state index contributed by atoms with van der Waals surface area (Å²) >= 11 is 0. The van der Waals surface area contributed by atoms with Crippen LogP contribution in [0.1, 0.15) is 6.42 Å². The summed E-state index contributed by atoms with van der Waals surface area (Å²) in [5.41, 5.74) is -2.41. The lowest BCUT2D eigenvalue weighted by Crippen LogP contribution is -2.51. The van der Waals surface area contributed by atoms with E-state index in [1.54, 1.807) is 0 Å². The molecule has 17 heteroatoms. The van der Waals surface area contributed by atoms with Gasteiger partial charge < -0.3 is 15.7 Å². The number of hydrogen-bond donors (Lipinski definition) is 3. The fourth-order valence-corrected chi connectivity index (χ4v) is 5.95. The van der Waals surface area contributed by atoms with Crippen LogP contribution >= 0.6 is 0 Å². The summed E-state index contributed by atoms with van der Waals surface area (Å²) in [6, 6.07) is -1.53. The first-order valence-electron chi connectivity index (χ1n) is 9.51. The number of nitrogens with one attached hydrogen (secondary N) is 2. The van der Waals surface area contributed by atoms with Crippen molar-refractivity contribution in [1.82, 2.24) is 10.6 Å². The van der Waals surface area contributed by atoms with Gasteiger partial charge in [0.2, 0.25) is 11.8 Å². The summed E-state index contributed by atoms with van der Waals surface area (Å²) in [5.74, 6) is -7.07. The molecule has 3 atom stereocenters. The molecule has 0 saturated carbocycles. The van der Waals surface area contributed by atoms with Crippen LogP contribution in [-0.4, -0.2) is 85.9 Å². The van der Waals surface area contributed by atoms with Crippen LogP contribution in [0.4, 0.5) is 0 Å². The van der Waals surface area contributed by atoms with Crippen molar-refractivity contribution in [1.29, 1.82) is 0 Å². The third kappa shape index (κ3) is 11.8. The SMILES string of the molecule is C=CS(=O)(=O)CC(=O)NCCC(NC(=O)CS(=O)(=O)C=C)C(CS(=O)(=O)C=C)C(O)S(=O)(=O)C=C. The fourth-order valence-electron chi connectivity index (χ4n) is 2.62. The van der Waals surface area contributed by atoms with E-state index in [-0.39, 0.29) is 0 Å². The Morgan fingerprint density at radius 3 is 1.63 bits per heavy atom. The number of hydrogen-bond acceptors (Lipinski definition) is 11. The summed E-state index contributed by atoms with van der Waals surface area (Å²) in [6.45, 7) is 11.8. The Balaban J connectivity index is 6.14. The summed E-state index contributed by atoms with van der Waals surface area (Å²) < 4.78 is 94.9. The minimum Gasteiger partial charge on any atom is -0.376 e. The van der Waals surface area contributed by atoms with Gasteiger partial charge in [-0.05, 0) is 6.42 Å². The van der Waals surface area contributed by atoms with E-state index in [9.17, 15) is 48.4 Å². The minimum atomic E-state index is -4.51. The van der Waals surface area contributed by atoms with Crippen molar-refractivity contribution in [2.24, 2.45) is 5.92 Å². The third-order valence-electron chi connectivity index (χ3n) is 4.43. The molecule has 0 spiro atoms. The van der Waals surface area contributed by atoms with Crippen molar-refractivity contribution in [2.45, 2.75) is 17.9 Å². The summed E-state index contributed by atoms with van der Waals surface area (Å²) in [4.78, 5) is 24.1. The van der Waals surface area contributed by atoms with E-state index in [0.717, 1.165) is 0 Å². The predicted octanol–water partition coefficient (Wildman–Crippen LogP) is -1.85. The molecule has 35 heavy (non-hydrogen) atoms. The molecule has 0 saturated heterocycles. The maximum Gasteiger partial charge on any atom is 0.235 e. The van der Waals surface area contributed by atoms with Gasteiger partial charge in [-0.1, -0.05) is 26.3 Å². The monoisotopic (exact) mass is 576 g/mol. The quantitative estimate of drug-likeness (QED) is 0.175. The molecule has 200 valence electrons. The Morgan fingerprint density at radius 1 is 0.743 bits per heavy atom. The highest BCUT2D eigenvalue weighted by Gasteiger charge is 2.39. The van der Waals surface area contributed by atoms with E-state index >= 15 is 0 Å². The van der Waals surface area contributed by atoms with E-state index in [2.05, 4.69) is 36.9 Å². The molecule has 0 heterocycles. The van der Waals surface area contributed by atoms with E-state index < -0.39 is 98.8 Å². The van der Waals surface area contributed by atoms with Crippen molar-refractivity contribution >= 4 is 51.2 Å². The van der Waals surface area contributed by atoms with Gasteiger partial charge in [-0.3, -0.25) is 9.59 Å². The summed E-state index contributed by atoms with van der Waals surface area (Å²) in [7, 11) is -16.7. The second-order valence-electron chi connectivity index (χ2n) is 7.07. The lowest BCUT2D eigenvalue weighted by atomic mass is 9.99. The highest BCUT2D eigenvalue weighted by atomic mass is 32.2. The highest BCUT2D eigenvalue weighted by Crippen LogP contribution is 2.21. The molecule has 0 aliphatic heterocycles. The molecule has 0 aliphatic rings. The molecule has 3 unspecified atom stereocenters. The first-order chi connectivity index (χ1) is 15.8. The van der Waals surface area contributed by atoms with Crippen molar-refractivity contribution in [2.75, 3.05) is 23.8 Å². The van der Waals surface area contributed by atoms with Crippen molar-refractivity contribution in [3.8, 4) is 0 Å². The zero-order chi connectivity index (χ0) is 27.7. The normalized spacial score (nSPS) is 15.1. The Hall–Kier alpha value is -2.34. The standard InChI is InChI=1S/C18H28N2O11S4/c1-5-32(24,25)11-14(18(23)35(30,31)8-4)15(20-17(22)13-34(28,29)7-3)9-10-19-16(21)12-33(26,27)6-2/h5-8,14-15,18,23H,1-4,9-13H2,(H,19,21)(H,20,22). The van der Waals surface area contributed by atoms with Gasteiger partial charge in [0, 0.05) is 40.1 Å². The molecule has 0 radical (unpaired) electrons. The van der Waals surface area contributed by atoms with Crippen LogP contribution in [0.25, 0.3) is 0 Å². The van der Waals surface area contributed by atoms with Crippen LogP contribution in [0.2, 0.25) is 0 Å². The Bertz CT molecular complexity index is 1270. The van der Waals surface area contributed by atoms with Crippen molar-refractivity contribution in [3.63, 3.8) is 0 Å². The van der Waals surface area contributed by atoms with Gasteiger partial charge in [0.1, 0.15) is 11.5 Å². The molecule has 0 bridgehead atoms. The van der Waals surface area contributed by atoms with E-state index in [1.165, 1.54) is 0 Å². The Morgan fingerprint density at radius 2 is 1.20 bits per heavy atom. The lowest BCUT2D eigenvalue weighted by molar-refractivity contribution is -0.119. The average molecular weight is 577 g/mol. The zero-order valence-electron chi connectivity index (χ0n) is 18.6. The van der Waals surface area contributed by atoms with Crippen molar-refractivity contribution in [3.05, 3.63) is 47.9 Å². The predicted molar refractivity (Wildman–Crippen MR) is 130 cm³/mol. The lowest BCUT2D eigenvalue weighted by Gasteiger charge is -2.30. The zero-order valence-corrected chi connectivity index (χ0v) is 21.8. The van der Waals surface area contributed by atoms with Crippen LogP contribution in [-0.2, 0) is 48.9 Å². The van der Waals surface area contributed by atoms with Crippen LogP contribution in [0.5, 0.6) is 0 Å². The highest BCUT2D eigenvalue weighted by molar-refractivity contribution is 7.95. The number of sulfone groups is 4. The van der Waals surface area contributed by atoms with Gasteiger partial charge in [0.05, 0.1) is 5.75 Å². The van der Waals surface area contributed by atoms with Gasteiger partial charge in [0.15, 0.2) is 44.8 Å². The second-order valence-corrected chi connectivity index (χ2v) is 14.9. The maximum absolute atomic E-state index is 12.3. The molecule has 0 aromatic rings. The number of aliphatic hydroxyl groups excluding tert-OH is 1.